The lowest BCUT2D eigenvalue weighted by molar-refractivity contribution is 0.773. The van der Waals surface area contributed by atoms with Gasteiger partial charge in [-0.2, -0.15) is 9.61 Å². The normalized spacial score (nSPS) is 11.2. The molecule has 0 bridgehead atoms. The topological polar surface area (TPSA) is 56.2 Å². The van der Waals surface area contributed by atoms with E-state index in [1.807, 2.05) is 30.3 Å². The highest BCUT2D eigenvalue weighted by Gasteiger charge is 2.19. The molecule has 0 amide bonds. The molecule has 0 unspecified atom stereocenters. The molecule has 3 aromatic carbocycles. The summed E-state index contributed by atoms with van der Waals surface area (Å²) in [6.45, 7) is 2.19. The van der Waals surface area contributed by atoms with Crippen molar-refractivity contribution in [1.82, 2.24) is 14.6 Å². The standard InChI is InChI=1S/C28H26N4S/c1-2-3-12-22-19-25(29)32-28(30-22)26(27(31-32)21-10-6-4-7-11-21)20-15-17-24(18-16-20)33-23-13-8-5-9-14-23/h4-11,13-19H,2-3,12,29H2,1H3. The molecular weight excluding hydrogens is 424 g/mol. The van der Waals surface area contributed by atoms with Gasteiger partial charge in [0.1, 0.15) is 11.5 Å². The third-order valence-corrected chi connectivity index (χ3v) is 6.64. The molecule has 0 atom stereocenters. The molecule has 0 aliphatic rings. The lowest BCUT2D eigenvalue weighted by Crippen LogP contribution is -2.03. The fourth-order valence-electron chi connectivity index (χ4n) is 3.96. The number of fused-ring (bicyclic) bond motifs is 1. The summed E-state index contributed by atoms with van der Waals surface area (Å²) in [5, 5.41) is 4.89. The Labute approximate surface area is 198 Å². The Morgan fingerprint density at radius 2 is 1.48 bits per heavy atom. The van der Waals surface area contributed by atoms with Crippen LogP contribution in [0.15, 0.2) is 101 Å². The Balaban J connectivity index is 1.62. The SMILES string of the molecule is CCCCc1cc(N)n2nc(-c3ccccc3)c(-c3ccc(Sc4ccccc4)cc3)c2n1. The third-order valence-electron chi connectivity index (χ3n) is 5.63. The molecule has 5 heteroatoms. The fourth-order valence-corrected chi connectivity index (χ4v) is 4.79. The van der Waals surface area contributed by atoms with E-state index in [0.717, 1.165) is 53.0 Å². The van der Waals surface area contributed by atoms with E-state index in [1.54, 1.807) is 16.3 Å². The number of aryl methyl sites for hydroxylation is 1. The van der Waals surface area contributed by atoms with Gasteiger partial charge in [-0.05, 0) is 42.7 Å². The second-order valence-corrected chi connectivity index (χ2v) is 9.19. The van der Waals surface area contributed by atoms with Crippen LogP contribution in [-0.2, 0) is 6.42 Å². The molecule has 2 N–H and O–H groups in total. The largest absolute Gasteiger partial charge is 0.384 e. The van der Waals surface area contributed by atoms with Crippen molar-refractivity contribution in [3.63, 3.8) is 0 Å². The molecule has 0 fully saturated rings. The number of unbranched alkanes of at least 4 members (excludes halogenated alkanes) is 1. The van der Waals surface area contributed by atoms with Gasteiger partial charge in [0, 0.05) is 27.1 Å². The van der Waals surface area contributed by atoms with Crippen LogP contribution in [0, 0.1) is 0 Å². The molecule has 5 aromatic rings. The van der Waals surface area contributed by atoms with Crippen LogP contribution >= 0.6 is 11.8 Å². The highest BCUT2D eigenvalue weighted by atomic mass is 32.2. The summed E-state index contributed by atoms with van der Waals surface area (Å²) in [5.74, 6) is 0.616. The fraction of sp³-hybridized carbons (Fsp3) is 0.143. The summed E-state index contributed by atoms with van der Waals surface area (Å²) >= 11 is 1.76. The maximum Gasteiger partial charge on any atom is 0.166 e. The van der Waals surface area contributed by atoms with Crippen LogP contribution in [0.5, 0.6) is 0 Å². The first-order valence-corrected chi connectivity index (χ1v) is 12.1. The van der Waals surface area contributed by atoms with Crippen LogP contribution in [0.2, 0.25) is 0 Å². The summed E-state index contributed by atoms with van der Waals surface area (Å²) < 4.78 is 1.78. The minimum Gasteiger partial charge on any atom is -0.384 e. The number of anilines is 1. The van der Waals surface area contributed by atoms with E-state index in [0.29, 0.717) is 5.82 Å². The molecule has 4 nitrogen and oxygen atoms in total. The van der Waals surface area contributed by atoms with Crippen molar-refractivity contribution in [3.05, 3.63) is 96.7 Å². The first kappa shape index (κ1) is 21.3. The zero-order chi connectivity index (χ0) is 22.6. The van der Waals surface area contributed by atoms with E-state index in [1.165, 1.54) is 9.79 Å². The van der Waals surface area contributed by atoms with E-state index >= 15 is 0 Å². The second-order valence-electron chi connectivity index (χ2n) is 8.04. The molecule has 33 heavy (non-hydrogen) atoms. The molecule has 2 heterocycles. The van der Waals surface area contributed by atoms with E-state index in [9.17, 15) is 0 Å². The predicted octanol–water partition coefficient (Wildman–Crippen LogP) is 7.14. The Morgan fingerprint density at radius 3 is 2.18 bits per heavy atom. The molecule has 0 aliphatic heterocycles. The molecule has 0 saturated carbocycles. The molecule has 0 spiro atoms. The summed E-state index contributed by atoms with van der Waals surface area (Å²) in [4.78, 5) is 7.42. The minimum absolute atomic E-state index is 0.616. The average Bonchev–Trinajstić information content (AvgIpc) is 3.24. The Bertz CT molecular complexity index is 1360. The number of nitrogens with zero attached hydrogens (tertiary/aromatic N) is 3. The lowest BCUT2D eigenvalue weighted by atomic mass is 10.0. The van der Waals surface area contributed by atoms with Crippen LogP contribution in [0.1, 0.15) is 25.5 Å². The summed E-state index contributed by atoms with van der Waals surface area (Å²) in [7, 11) is 0. The van der Waals surface area contributed by atoms with Gasteiger partial charge in [0.25, 0.3) is 0 Å². The van der Waals surface area contributed by atoms with Gasteiger partial charge in [0.05, 0.1) is 5.56 Å². The van der Waals surface area contributed by atoms with Crippen molar-refractivity contribution in [2.45, 2.75) is 36.0 Å². The molecule has 5 rings (SSSR count). The predicted molar refractivity (Wildman–Crippen MR) is 137 cm³/mol. The molecule has 0 aliphatic carbocycles. The Kier molecular flexibility index (Phi) is 6.13. The van der Waals surface area contributed by atoms with Gasteiger partial charge in [-0.15, -0.1) is 0 Å². The van der Waals surface area contributed by atoms with Crippen molar-refractivity contribution in [2.75, 3.05) is 5.73 Å². The quantitative estimate of drug-likeness (QED) is 0.286. The summed E-state index contributed by atoms with van der Waals surface area (Å²) in [5.41, 5.74) is 12.3. The number of nitrogen functional groups attached to an aromatic ring is 1. The molecular formula is C28H26N4S. The molecule has 164 valence electrons. The zero-order valence-corrected chi connectivity index (χ0v) is 19.4. The zero-order valence-electron chi connectivity index (χ0n) is 18.6. The van der Waals surface area contributed by atoms with Gasteiger partial charge < -0.3 is 5.73 Å². The van der Waals surface area contributed by atoms with Crippen molar-refractivity contribution in [1.29, 1.82) is 0 Å². The first-order valence-electron chi connectivity index (χ1n) is 11.3. The number of aromatic nitrogens is 3. The van der Waals surface area contributed by atoms with Crippen molar-refractivity contribution < 1.29 is 0 Å². The van der Waals surface area contributed by atoms with Gasteiger partial charge in [-0.1, -0.05) is 85.8 Å². The van der Waals surface area contributed by atoms with Gasteiger partial charge in [0.2, 0.25) is 0 Å². The van der Waals surface area contributed by atoms with Crippen molar-refractivity contribution in [3.8, 4) is 22.4 Å². The Hall–Kier alpha value is -3.57. The van der Waals surface area contributed by atoms with Crippen molar-refractivity contribution >= 4 is 23.2 Å². The van der Waals surface area contributed by atoms with Gasteiger partial charge >= 0.3 is 0 Å². The van der Waals surface area contributed by atoms with Crippen LogP contribution in [0.25, 0.3) is 28.0 Å². The monoisotopic (exact) mass is 450 g/mol. The molecule has 2 aromatic heterocycles. The number of nitrogens with two attached hydrogens (primary N) is 1. The highest BCUT2D eigenvalue weighted by Crippen LogP contribution is 2.37. The van der Waals surface area contributed by atoms with E-state index < -0.39 is 0 Å². The number of benzene rings is 3. The minimum atomic E-state index is 0.616. The van der Waals surface area contributed by atoms with Gasteiger partial charge in [-0.25, -0.2) is 4.98 Å². The maximum absolute atomic E-state index is 6.43. The lowest BCUT2D eigenvalue weighted by Gasteiger charge is -2.07. The van der Waals surface area contributed by atoms with Gasteiger partial charge in [0.15, 0.2) is 5.65 Å². The summed E-state index contributed by atoms with van der Waals surface area (Å²) in [6, 6.07) is 31.3. The van der Waals surface area contributed by atoms with Crippen LogP contribution in [0.4, 0.5) is 5.82 Å². The van der Waals surface area contributed by atoms with Gasteiger partial charge in [-0.3, -0.25) is 0 Å². The first-order chi connectivity index (χ1) is 16.2. The highest BCUT2D eigenvalue weighted by molar-refractivity contribution is 7.99. The van der Waals surface area contributed by atoms with E-state index in [-0.39, 0.29) is 0 Å². The van der Waals surface area contributed by atoms with Crippen LogP contribution in [0.3, 0.4) is 0 Å². The van der Waals surface area contributed by atoms with Crippen molar-refractivity contribution in [2.24, 2.45) is 0 Å². The smallest absolute Gasteiger partial charge is 0.166 e. The number of hydrogen-bond acceptors (Lipinski definition) is 4. The number of hydrogen-bond donors (Lipinski definition) is 1. The number of rotatable bonds is 7. The molecule has 0 radical (unpaired) electrons. The average molecular weight is 451 g/mol. The Morgan fingerprint density at radius 1 is 0.818 bits per heavy atom. The third kappa shape index (κ3) is 4.50. The van der Waals surface area contributed by atoms with Crippen LogP contribution in [-0.4, -0.2) is 14.6 Å². The molecule has 0 saturated heterocycles. The maximum atomic E-state index is 6.43. The van der Waals surface area contributed by atoms with Crippen LogP contribution < -0.4 is 5.73 Å². The van der Waals surface area contributed by atoms with E-state index in [4.69, 9.17) is 15.8 Å². The second kappa shape index (κ2) is 9.51. The van der Waals surface area contributed by atoms with E-state index in [2.05, 4.69) is 67.6 Å². The summed E-state index contributed by atoms with van der Waals surface area (Å²) in [6.07, 6.45) is 3.12.